The second-order valence-electron chi connectivity index (χ2n) is 5.16. The smallest absolute Gasteiger partial charge is 0.124 e. The maximum Gasteiger partial charge on any atom is 0.124 e. The minimum Gasteiger partial charge on any atom is -0.371 e. The first-order valence-corrected chi connectivity index (χ1v) is 6.53. The van der Waals surface area contributed by atoms with E-state index >= 15 is 0 Å². The van der Waals surface area contributed by atoms with Crippen LogP contribution in [-0.2, 0) is 0 Å². The van der Waals surface area contributed by atoms with Gasteiger partial charge in [-0.1, -0.05) is 6.92 Å². The number of nitrogens with zero attached hydrogens (tertiary/aromatic N) is 2. The van der Waals surface area contributed by atoms with Crippen LogP contribution in [0, 0.1) is 11.7 Å². The van der Waals surface area contributed by atoms with Crippen LogP contribution in [0.4, 0.5) is 10.1 Å². The van der Waals surface area contributed by atoms with Gasteiger partial charge in [0.25, 0.3) is 0 Å². The Kier molecular flexibility index (Phi) is 2.90. The highest BCUT2D eigenvalue weighted by molar-refractivity contribution is 5.91. The van der Waals surface area contributed by atoms with Gasteiger partial charge in [-0.3, -0.25) is 4.98 Å². The van der Waals surface area contributed by atoms with Gasteiger partial charge in [-0.25, -0.2) is 4.39 Å². The van der Waals surface area contributed by atoms with Gasteiger partial charge in [-0.05, 0) is 43.0 Å². The standard InChI is InChI=1S/C15H17FN2/c1-11-5-8-18(9-6-11)15-4-7-17-14-3-2-12(16)10-13(14)15/h2-4,7,10-11H,5-6,8-9H2,1H3. The summed E-state index contributed by atoms with van der Waals surface area (Å²) in [5.74, 6) is 0.605. The fourth-order valence-electron chi connectivity index (χ4n) is 2.63. The Bertz CT molecular complexity index is 559. The molecule has 3 rings (SSSR count). The summed E-state index contributed by atoms with van der Waals surface area (Å²) in [6.07, 6.45) is 4.23. The monoisotopic (exact) mass is 244 g/mol. The summed E-state index contributed by atoms with van der Waals surface area (Å²) in [6.45, 7) is 4.40. The highest BCUT2D eigenvalue weighted by Gasteiger charge is 2.17. The van der Waals surface area contributed by atoms with Crippen molar-refractivity contribution in [3.05, 3.63) is 36.3 Å². The van der Waals surface area contributed by atoms with Crippen LogP contribution in [-0.4, -0.2) is 18.1 Å². The molecular formula is C15H17FN2. The topological polar surface area (TPSA) is 16.1 Å². The van der Waals surface area contributed by atoms with E-state index in [1.807, 2.05) is 12.3 Å². The zero-order valence-electron chi connectivity index (χ0n) is 10.6. The van der Waals surface area contributed by atoms with Crippen molar-refractivity contribution < 1.29 is 4.39 Å². The molecule has 1 aromatic heterocycles. The molecule has 2 nitrogen and oxygen atoms in total. The number of anilines is 1. The van der Waals surface area contributed by atoms with E-state index in [9.17, 15) is 4.39 Å². The Morgan fingerprint density at radius 2 is 2.00 bits per heavy atom. The zero-order valence-corrected chi connectivity index (χ0v) is 10.6. The third-order valence-corrected chi connectivity index (χ3v) is 3.80. The summed E-state index contributed by atoms with van der Waals surface area (Å²) in [5, 5.41) is 0.923. The molecule has 1 aliphatic rings. The SMILES string of the molecule is CC1CCN(c2ccnc3ccc(F)cc23)CC1. The first-order chi connectivity index (χ1) is 8.74. The zero-order chi connectivity index (χ0) is 12.5. The molecule has 0 spiro atoms. The second-order valence-corrected chi connectivity index (χ2v) is 5.16. The Balaban J connectivity index is 2.03. The lowest BCUT2D eigenvalue weighted by Crippen LogP contribution is -2.32. The highest BCUT2D eigenvalue weighted by atomic mass is 19.1. The molecule has 1 fully saturated rings. The fourth-order valence-corrected chi connectivity index (χ4v) is 2.63. The summed E-state index contributed by atoms with van der Waals surface area (Å²) in [5.41, 5.74) is 1.99. The van der Waals surface area contributed by atoms with Gasteiger partial charge in [0.1, 0.15) is 5.82 Å². The van der Waals surface area contributed by atoms with E-state index < -0.39 is 0 Å². The van der Waals surface area contributed by atoms with Gasteiger partial charge < -0.3 is 4.90 Å². The molecular weight excluding hydrogens is 227 g/mol. The van der Waals surface area contributed by atoms with Gasteiger partial charge in [0.2, 0.25) is 0 Å². The Labute approximate surface area is 106 Å². The van der Waals surface area contributed by atoms with Crippen LogP contribution in [0.2, 0.25) is 0 Å². The van der Waals surface area contributed by atoms with Crippen molar-refractivity contribution in [3.63, 3.8) is 0 Å². The van der Waals surface area contributed by atoms with E-state index in [-0.39, 0.29) is 5.82 Å². The average Bonchev–Trinajstić information content (AvgIpc) is 2.39. The van der Waals surface area contributed by atoms with Crippen molar-refractivity contribution in [1.29, 1.82) is 0 Å². The quantitative estimate of drug-likeness (QED) is 0.761. The Hall–Kier alpha value is -1.64. The fraction of sp³-hybridized carbons (Fsp3) is 0.400. The average molecular weight is 244 g/mol. The number of piperidine rings is 1. The maximum atomic E-state index is 13.4. The molecule has 18 heavy (non-hydrogen) atoms. The van der Waals surface area contributed by atoms with Crippen LogP contribution in [0.3, 0.4) is 0 Å². The van der Waals surface area contributed by atoms with Gasteiger partial charge in [0.05, 0.1) is 5.52 Å². The largest absolute Gasteiger partial charge is 0.371 e. The molecule has 1 aliphatic heterocycles. The number of halogens is 1. The van der Waals surface area contributed by atoms with E-state index in [4.69, 9.17) is 0 Å². The van der Waals surface area contributed by atoms with Crippen molar-refractivity contribution in [2.24, 2.45) is 5.92 Å². The molecule has 0 unspecified atom stereocenters. The number of fused-ring (bicyclic) bond motifs is 1. The third kappa shape index (κ3) is 2.05. The van der Waals surface area contributed by atoms with Gasteiger partial charge in [0.15, 0.2) is 0 Å². The van der Waals surface area contributed by atoms with Gasteiger partial charge in [0, 0.05) is 30.4 Å². The van der Waals surface area contributed by atoms with Crippen molar-refractivity contribution in [2.45, 2.75) is 19.8 Å². The molecule has 0 N–H and O–H groups in total. The van der Waals surface area contributed by atoms with Crippen LogP contribution in [0.5, 0.6) is 0 Å². The van der Waals surface area contributed by atoms with E-state index in [2.05, 4.69) is 16.8 Å². The predicted molar refractivity (Wildman–Crippen MR) is 72.3 cm³/mol. The molecule has 1 aromatic carbocycles. The van der Waals surface area contributed by atoms with E-state index in [1.165, 1.54) is 18.9 Å². The van der Waals surface area contributed by atoms with Crippen LogP contribution in [0.15, 0.2) is 30.5 Å². The van der Waals surface area contributed by atoms with Crippen molar-refractivity contribution in [3.8, 4) is 0 Å². The number of hydrogen-bond acceptors (Lipinski definition) is 2. The Morgan fingerprint density at radius 3 is 2.78 bits per heavy atom. The molecule has 0 aliphatic carbocycles. The van der Waals surface area contributed by atoms with Crippen LogP contribution < -0.4 is 4.90 Å². The molecule has 94 valence electrons. The van der Waals surface area contributed by atoms with Crippen molar-refractivity contribution in [2.75, 3.05) is 18.0 Å². The third-order valence-electron chi connectivity index (χ3n) is 3.80. The summed E-state index contributed by atoms with van der Waals surface area (Å²) in [6, 6.07) is 6.81. The van der Waals surface area contributed by atoms with Gasteiger partial charge in [-0.15, -0.1) is 0 Å². The number of rotatable bonds is 1. The molecule has 1 saturated heterocycles. The summed E-state index contributed by atoms with van der Waals surface area (Å²) < 4.78 is 13.4. The van der Waals surface area contributed by atoms with Crippen LogP contribution in [0.25, 0.3) is 10.9 Å². The molecule has 2 heterocycles. The summed E-state index contributed by atoms with van der Waals surface area (Å²) >= 11 is 0. The normalized spacial score (nSPS) is 17.3. The molecule has 0 radical (unpaired) electrons. The lowest BCUT2D eigenvalue weighted by atomic mass is 9.98. The number of benzene rings is 1. The molecule has 0 amide bonds. The van der Waals surface area contributed by atoms with Gasteiger partial charge in [-0.2, -0.15) is 0 Å². The number of hydrogen-bond donors (Lipinski definition) is 0. The molecule has 0 bridgehead atoms. The number of aromatic nitrogens is 1. The highest BCUT2D eigenvalue weighted by Crippen LogP contribution is 2.29. The predicted octanol–water partition coefficient (Wildman–Crippen LogP) is 3.61. The Morgan fingerprint density at radius 1 is 1.22 bits per heavy atom. The minimum absolute atomic E-state index is 0.192. The van der Waals surface area contributed by atoms with E-state index in [0.717, 1.165) is 35.6 Å². The van der Waals surface area contributed by atoms with Crippen molar-refractivity contribution in [1.82, 2.24) is 4.98 Å². The number of pyridine rings is 1. The van der Waals surface area contributed by atoms with E-state index in [1.54, 1.807) is 12.1 Å². The van der Waals surface area contributed by atoms with E-state index in [0.29, 0.717) is 0 Å². The van der Waals surface area contributed by atoms with Crippen LogP contribution >= 0.6 is 0 Å². The first-order valence-electron chi connectivity index (χ1n) is 6.53. The summed E-state index contributed by atoms with van der Waals surface area (Å²) in [4.78, 5) is 6.65. The molecule has 0 saturated carbocycles. The summed E-state index contributed by atoms with van der Waals surface area (Å²) in [7, 11) is 0. The molecule has 0 atom stereocenters. The molecule has 2 aromatic rings. The van der Waals surface area contributed by atoms with Crippen LogP contribution in [0.1, 0.15) is 19.8 Å². The van der Waals surface area contributed by atoms with Crippen molar-refractivity contribution >= 4 is 16.6 Å². The second kappa shape index (κ2) is 4.56. The maximum absolute atomic E-state index is 13.4. The van der Waals surface area contributed by atoms with Gasteiger partial charge >= 0.3 is 0 Å². The lowest BCUT2D eigenvalue weighted by Gasteiger charge is -2.32. The minimum atomic E-state index is -0.192. The lowest BCUT2D eigenvalue weighted by molar-refractivity contribution is 0.439. The molecule has 3 heteroatoms. The first kappa shape index (κ1) is 11.5.